The van der Waals surface area contributed by atoms with Crippen molar-refractivity contribution in [3.05, 3.63) is 34.1 Å². The van der Waals surface area contributed by atoms with Gasteiger partial charge in [0.1, 0.15) is 5.82 Å². The van der Waals surface area contributed by atoms with Crippen molar-refractivity contribution in [1.82, 2.24) is 5.32 Å². The van der Waals surface area contributed by atoms with Gasteiger partial charge in [-0.3, -0.25) is 0 Å². The Balaban J connectivity index is 2.78. The topological polar surface area (TPSA) is 12.0 Å². The van der Waals surface area contributed by atoms with E-state index in [4.69, 9.17) is 6.42 Å². The summed E-state index contributed by atoms with van der Waals surface area (Å²) in [6, 6.07) is 4.87. The summed E-state index contributed by atoms with van der Waals surface area (Å²) in [6.07, 6.45) is 7.81. The molecular formula is C13H15BrFN. The number of nitrogens with one attached hydrogen (secondary N) is 1. The van der Waals surface area contributed by atoms with E-state index in [-0.39, 0.29) is 11.9 Å². The third-order valence-corrected chi connectivity index (χ3v) is 3.22. The van der Waals surface area contributed by atoms with E-state index >= 15 is 0 Å². The van der Waals surface area contributed by atoms with E-state index in [1.165, 1.54) is 6.07 Å². The van der Waals surface area contributed by atoms with Gasteiger partial charge in [0.15, 0.2) is 0 Å². The van der Waals surface area contributed by atoms with Crippen LogP contribution in [0.25, 0.3) is 0 Å². The maximum Gasteiger partial charge on any atom is 0.123 e. The summed E-state index contributed by atoms with van der Waals surface area (Å²) in [7, 11) is 1.87. The van der Waals surface area contributed by atoms with Crippen LogP contribution >= 0.6 is 15.9 Å². The molecule has 0 radical (unpaired) electrons. The molecule has 86 valence electrons. The molecule has 0 saturated heterocycles. The zero-order chi connectivity index (χ0) is 12.0. The fraction of sp³-hybridized carbons (Fsp3) is 0.385. The molecule has 0 aliphatic carbocycles. The van der Waals surface area contributed by atoms with Crippen molar-refractivity contribution < 1.29 is 4.39 Å². The summed E-state index contributed by atoms with van der Waals surface area (Å²) >= 11 is 3.43. The van der Waals surface area contributed by atoms with Gasteiger partial charge in [-0.15, -0.1) is 12.3 Å². The minimum Gasteiger partial charge on any atom is -0.313 e. The van der Waals surface area contributed by atoms with Crippen LogP contribution in [0, 0.1) is 18.2 Å². The molecule has 1 N–H and O–H groups in total. The van der Waals surface area contributed by atoms with E-state index in [9.17, 15) is 4.39 Å². The highest BCUT2D eigenvalue weighted by molar-refractivity contribution is 9.10. The SMILES string of the molecule is C#CCCCC(NC)c1cc(F)ccc1Br. The Morgan fingerprint density at radius 3 is 2.94 bits per heavy atom. The highest BCUT2D eigenvalue weighted by Crippen LogP contribution is 2.27. The normalized spacial score (nSPS) is 12.1. The second kappa shape index (κ2) is 6.67. The second-order valence-corrected chi connectivity index (χ2v) is 4.46. The molecule has 0 bridgehead atoms. The summed E-state index contributed by atoms with van der Waals surface area (Å²) in [5, 5.41) is 3.18. The van der Waals surface area contributed by atoms with E-state index in [1.54, 1.807) is 12.1 Å². The van der Waals surface area contributed by atoms with Gasteiger partial charge in [0.05, 0.1) is 0 Å². The highest BCUT2D eigenvalue weighted by atomic mass is 79.9. The summed E-state index contributed by atoms with van der Waals surface area (Å²) < 4.78 is 14.1. The van der Waals surface area contributed by atoms with Gasteiger partial charge < -0.3 is 5.32 Å². The van der Waals surface area contributed by atoms with Gasteiger partial charge in [0.25, 0.3) is 0 Å². The van der Waals surface area contributed by atoms with Crippen LogP contribution in [0.3, 0.4) is 0 Å². The average Bonchev–Trinajstić information content (AvgIpc) is 2.28. The first kappa shape index (κ1) is 13.2. The first-order chi connectivity index (χ1) is 7.69. The van der Waals surface area contributed by atoms with Gasteiger partial charge in [0, 0.05) is 16.9 Å². The molecule has 0 heterocycles. The average molecular weight is 284 g/mol. The lowest BCUT2D eigenvalue weighted by Crippen LogP contribution is -2.17. The van der Waals surface area contributed by atoms with Crippen LogP contribution in [0.2, 0.25) is 0 Å². The molecule has 1 aromatic rings. The first-order valence-corrected chi connectivity index (χ1v) is 6.04. The van der Waals surface area contributed by atoms with Crippen LogP contribution in [0.4, 0.5) is 4.39 Å². The smallest absolute Gasteiger partial charge is 0.123 e. The molecule has 16 heavy (non-hydrogen) atoms. The van der Waals surface area contributed by atoms with Gasteiger partial charge >= 0.3 is 0 Å². The number of rotatable bonds is 5. The summed E-state index contributed by atoms with van der Waals surface area (Å²) in [4.78, 5) is 0. The highest BCUT2D eigenvalue weighted by Gasteiger charge is 2.12. The Kier molecular flexibility index (Phi) is 5.51. The molecular weight excluding hydrogens is 269 g/mol. The molecule has 0 aromatic heterocycles. The third-order valence-electron chi connectivity index (χ3n) is 2.50. The van der Waals surface area contributed by atoms with Crippen molar-refractivity contribution in [2.24, 2.45) is 0 Å². The van der Waals surface area contributed by atoms with Crippen LogP contribution in [0.15, 0.2) is 22.7 Å². The zero-order valence-corrected chi connectivity index (χ0v) is 10.8. The van der Waals surface area contributed by atoms with Crippen molar-refractivity contribution >= 4 is 15.9 Å². The minimum absolute atomic E-state index is 0.137. The van der Waals surface area contributed by atoms with Crippen molar-refractivity contribution in [3.8, 4) is 12.3 Å². The minimum atomic E-state index is -0.213. The molecule has 1 rings (SSSR count). The van der Waals surface area contributed by atoms with Crippen molar-refractivity contribution in [3.63, 3.8) is 0 Å². The fourth-order valence-electron chi connectivity index (χ4n) is 1.65. The fourth-order valence-corrected chi connectivity index (χ4v) is 2.17. The van der Waals surface area contributed by atoms with E-state index in [0.717, 1.165) is 29.3 Å². The van der Waals surface area contributed by atoms with Crippen LogP contribution in [0.1, 0.15) is 30.9 Å². The van der Waals surface area contributed by atoms with Gasteiger partial charge in [0.2, 0.25) is 0 Å². The Morgan fingerprint density at radius 2 is 2.31 bits per heavy atom. The van der Waals surface area contributed by atoms with Gasteiger partial charge in [-0.25, -0.2) is 4.39 Å². The maximum atomic E-state index is 13.2. The number of hydrogen-bond acceptors (Lipinski definition) is 1. The lowest BCUT2D eigenvalue weighted by atomic mass is 10.0. The van der Waals surface area contributed by atoms with Crippen molar-refractivity contribution in [1.29, 1.82) is 0 Å². The molecule has 0 aliphatic heterocycles. The van der Waals surface area contributed by atoms with E-state index < -0.39 is 0 Å². The number of hydrogen-bond donors (Lipinski definition) is 1. The summed E-state index contributed by atoms with van der Waals surface area (Å²) in [5.74, 6) is 2.40. The van der Waals surface area contributed by atoms with Gasteiger partial charge in [-0.2, -0.15) is 0 Å². The van der Waals surface area contributed by atoms with E-state index in [1.807, 2.05) is 7.05 Å². The Hall–Kier alpha value is -0.850. The third kappa shape index (κ3) is 3.62. The molecule has 1 nitrogen and oxygen atoms in total. The first-order valence-electron chi connectivity index (χ1n) is 5.24. The summed E-state index contributed by atoms with van der Waals surface area (Å²) in [5.41, 5.74) is 0.944. The number of terminal acetylenes is 1. The van der Waals surface area contributed by atoms with E-state index in [2.05, 4.69) is 27.2 Å². The molecule has 0 saturated carbocycles. The van der Waals surface area contributed by atoms with Crippen LogP contribution in [0.5, 0.6) is 0 Å². The number of benzene rings is 1. The predicted octanol–water partition coefficient (Wildman–Crippen LogP) is 3.65. The summed E-state index contributed by atoms with van der Waals surface area (Å²) in [6.45, 7) is 0. The number of halogens is 2. The molecule has 0 spiro atoms. The quantitative estimate of drug-likeness (QED) is 0.643. The predicted molar refractivity (Wildman–Crippen MR) is 68.6 cm³/mol. The van der Waals surface area contributed by atoms with Gasteiger partial charge in [-0.05, 0) is 43.7 Å². The molecule has 3 heteroatoms. The second-order valence-electron chi connectivity index (χ2n) is 3.60. The maximum absolute atomic E-state index is 13.2. The molecule has 0 amide bonds. The molecule has 0 fully saturated rings. The lowest BCUT2D eigenvalue weighted by Gasteiger charge is -2.17. The lowest BCUT2D eigenvalue weighted by molar-refractivity contribution is 0.524. The van der Waals surface area contributed by atoms with Crippen molar-refractivity contribution in [2.75, 3.05) is 7.05 Å². The van der Waals surface area contributed by atoms with Crippen LogP contribution in [-0.2, 0) is 0 Å². The number of unbranched alkanes of at least 4 members (excludes halogenated alkanes) is 1. The molecule has 1 unspecified atom stereocenters. The monoisotopic (exact) mass is 283 g/mol. The Labute approximate surface area is 105 Å². The molecule has 1 aromatic carbocycles. The Bertz CT molecular complexity index is 384. The molecule has 0 aliphatic rings. The van der Waals surface area contributed by atoms with Gasteiger partial charge in [-0.1, -0.05) is 15.9 Å². The molecule has 1 atom stereocenters. The standard InChI is InChI=1S/C13H15BrFN/c1-3-4-5-6-13(16-2)11-9-10(15)7-8-12(11)14/h1,7-9,13,16H,4-6H2,2H3. The van der Waals surface area contributed by atoms with Crippen molar-refractivity contribution in [2.45, 2.75) is 25.3 Å². The largest absolute Gasteiger partial charge is 0.313 e. The van der Waals surface area contributed by atoms with Crippen LogP contribution in [-0.4, -0.2) is 7.05 Å². The van der Waals surface area contributed by atoms with Crippen LogP contribution < -0.4 is 5.32 Å². The Morgan fingerprint density at radius 1 is 1.56 bits per heavy atom. The van der Waals surface area contributed by atoms with E-state index in [0.29, 0.717) is 0 Å². The zero-order valence-electron chi connectivity index (χ0n) is 9.26.